The number of rotatable bonds is 12. The van der Waals surface area contributed by atoms with Gasteiger partial charge >= 0.3 is 0 Å². The lowest BCUT2D eigenvalue weighted by Gasteiger charge is -2.38. The van der Waals surface area contributed by atoms with E-state index in [4.69, 9.17) is 13.9 Å². The van der Waals surface area contributed by atoms with Crippen LogP contribution in [0.2, 0.25) is 18.1 Å². The van der Waals surface area contributed by atoms with Crippen LogP contribution in [0.15, 0.2) is 73.3 Å². The van der Waals surface area contributed by atoms with Gasteiger partial charge in [0.15, 0.2) is 8.32 Å². The van der Waals surface area contributed by atoms with Crippen molar-refractivity contribution in [3.63, 3.8) is 0 Å². The van der Waals surface area contributed by atoms with E-state index in [-0.39, 0.29) is 11.6 Å². The van der Waals surface area contributed by atoms with Crippen molar-refractivity contribution in [3.05, 3.63) is 84.4 Å². The number of benzene rings is 2. The van der Waals surface area contributed by atoms with Crippen molar-refractivity contribution in [1.29, 1.82) is 0 Å². The molecule has 0 bridgehead atoms. The van der Waals surface area contributed by atoms with E-state index in [0.717, 1.165) is 11.1 Å². The summed E-state index contributed by atoms with van der Waals surface area (Å²) in [5.74, 6) is 0. The average Bonchev–Trinajstić information content (AvgIpc) is 2.75. The van der Waals surface area contributed by atoms with Gasteiger partial charge in [-0.2, -0.15) is 0 Å². The monoisotopic (exact) mass is 442 g/mol. The van der Waals surface area contributed by atoms with Crippen LogP contribution in [0.4, 0.5) is 0 Å². The smallest absolute Gasteiger partial charge is 0.192 e. The van der Waals surface area contributed by atoms with Gasteiger partial charge in [-0.1, -0.05) is 87.5 Å². The Bertz CT molecular complexity index is 771. The number of hydrogen-bond acceptors (Lipinski definition) is 4. The number of aliphatic hydroxyl groups is 1. The van der Waals surface area contributed by atoms with Crippen molar-refractivity contribution in [2.75, 3.05) is 6.61 Å². The first-order valence-corrected chi connectivity index (χ1v) is 13.8. The van der Waals surface area contributed by atoms with Gasteiger partial charge in [-0.25, -0.2) is 0 Å². The van der Waals surface area contributed by atoms with E-state index in [2.05, 4.69) is 40.4 Å². The molecule has 0 fully saturated rings. The molecule has 0 saturated heterocycles. The molecule has 5 heteroatoms. The van der Waals surface area contributed by atoms with E-state index in [1.54, 1.807) is 6.08 Å². The fourth-order valence-corrected chi connectivity index (χ4v) is 3.88. The molecule has 4 nitrogen and oxygen atoms in total. The van der Waals surface area contributed by atoms with Gasteiger partial charge in [0.2, 0.25) is 0 Å². The minimum Gasteiger partial charge on any atom is -0.414 e. The molecule has 2 rings (SSSR count). The Hall–Kier alpha value is -1.76. The molecule has 2 aromatic rings. The Kier molecular flexibility index (Phi) is 9.66. The van der Waals surface area contributed by atoms with E-state index in [1.807, 2.05) is 60.7 Å². The molecule has 0 unspecified atom stereocenters. The maximum absolute atomic E-state index is 11.1. The first kappa shape index (κ1) is 25.5. The molecule has 0 saturated carbocycles. The Morgan fingerprint density at radius 1 is 0.903 bits per heavy atom. The predicted molar refractivity (Wildman–Crippen MR) is 129 cm³/mol. The summed E-state index contributed by atoms with van der Waals surface area (Å²) >= 11 is 0. The summed E-state index contributed by atoms with van der Waals surface area (Å²) in [5.41, 5.74) is 2.10. The van der Waals surface area contributed by atoms with Crippen molar-refractivity contribution in [3.8, 4) is 0 Å². The van der Waals surface area contributed by atoms with E-state index < -0.39 is 26.6 Å². The Labute approximate surface area is 189 Å². The molecule has 0 aliphatic carbocycles. The standard InChI is InChI=1S/C26H38O4Si/c1-7-24(28-18-21-14-10-8-11-15-21)25(29-19-22-16-12-9-13-17-22)23(27)20-30-31(5,6)26(2,3)4/h7-17,23-25,27H,1,18-20H2,2-6H3/t23-,24+,25+/m1/s1. The van der Waals surface area contributed by atoms with Crippen LogP contribution < -0.4 is 0 Å². The van der Waals surface area contributed by atoms with Crippen LogP contribution in [0, 0.1) is 0 Å². The van der Waals surface area contributed by atoms with E-state index in [1.165, 1.54) is 0 Å². The lowest BCUT2D eigenvalue weighted by Crippen LogP contribution is -2.47. The third-order valence-electron chi connectivity index (χ3n) is 5.93. The largest absolute Gasteiger partial charge is 0.414 e. The molecule has 170 valence electrons. The van der Waals surface area contributed by atoms with Gasteiger partial charge in [0.1, 0.15) is 18.3 Å². The van der Waals surface area contributed by atoms with Crippen molar-refractivity contribution >= 4 is 8.32 Å². The molecule has 0 radical (unpaired) electrons. The van der Waals surface area contributed by atoms with Gasteiger partial charge in [-0.05, 0) is 29.3 Å². The first-order valence-electron chi connectivity index (χ1n) is 10.9. The van der Waals surface area contributed by atoms with Gasteiger partial charge < -0.3 is 19.0 Å². The van der Waals surface area contributed by atoms with E-state index in [0.29, 0.717) is 13.2 Å². The summed E-state index contributed by atoms with van der Waals surface area (Å²) < 4.78 is 18.5. The molecular formula is C26H38O4Si. The SMILES string of the molecule is C=C[C@H](OCc1ccccc1)[C@@H](OCc1ccccc1)[C@H](O)CO[Si](C)(C)C(C)(C)C. The van der Waals surface area contributed by atoms with Gasteiger partial charge in [0, 0.05) is 0 Å². The van der Waals surface area contributed by atoms with Crippen molar-refractivity contribution in [2.24, 2.45) is 0 Å². The van der Waals surface area contributed by atoms with Crippen LogP contribution in [0.1, 0.15) is 31.9 Å². The summed E-state index contributed by atoms with van der Waals surface area (Å²) in [6.07, 6.45) is -0.196. The topological polar surface area (TPSA) is 47.9 Å². The predicted octanol–water partition coefficient (Wildman–Crippen LogP) is 5.73. The molecule has 3 atom stereocenters. The van der Waals surface area contributed by atoms with Crippen LogP contribution >= 0.6 is 0 Å². The third-order valence-corrected chi connectivity index (χ3v) is 10.4. The van der Waals surface area contributed by atoms with E-state index in [9.17, 15) is 5.11 Å². The van der Waals surface area contributed by atoms with Crippen LogP contribution in [-0.4, -0.2) is 38.3 Å². The summed E-state index contributed by atoms with van der Waals surface area (Å²) in [5, 5.41) is 11.1. The van der Waals surface area contributed by atoms with Crippen LogP contribution in [0.25, 0.3) is 0 Å². The fourth-order valence-electron chi connectivity index (χ4n) is 2.86. The molecule has 0 spiro atoms. The molecule has 0 aliphatic heterocycles. The fraction of sp³-hybridized carbons (Fsp3) is 0.462. The van der Waals surface area contributed by atoms with E-state index >= 15 is 0 Å². The van der Waals surface area contributed by atoms with Gasteiger partial charge in [-0.15, -0.1) is 6.58 Å². The molecular weight excluding hydrogens is 404 g/mol. The molecule has 0 amide bonds. The molecule has 0 aliphatic rings. The summed E-state index contributed by atoms with van der Waals surface area (Å²) in [6, 6.07) is 19.9. The number of ether oxygens (including phenoxy) is 2. The second kappa shape index (κ2) is 11.7. The third kappa shape index (κ3) is 8.02. The summed E-state index contributed by atoms with van der Waals surface area (Å²) in [6.45, 7) is 15.8. The highest BCUT2D eigenvalue weighted by Crippen LogP contribution is 2.36. The van der Waals surface area contributed by atoms with Crippen LogP contribution in [-0.2, 0) is 27.1 Å². The molecule has 0 heterocycles. The van der Waals surface area contributed by atoms with Gasteiger partial charge in [-0.3, -0.25) is 0 Å². The van der Waals surface area contributed by atoms with Crippen molar-refractivity contribution < 1.29 is 19.0 Å². The number of aliphatic hydroxyl groups excluding tert-OH is 1. The Balaban J connectivity index is 2.10. The van der Waals surface area contributed by atoms with Gasteiger partial charge in [0.25, 0.3) is 0 Å². The maximum Gasteiger partial charge on any atom is 0.192 e. The second-order valence-corrected chi connectivity index (χ2v) is 14.2. The maximum atomic E-state index is 11.1. The zero-order valence-electron chi connectivity index (χ0n) is 19.6. The molecule has 31 heavy (non-hydrogen) atoms. The average molecular weight is 443 g/mol. The molecule has 1 N–H and O–H groups in total. The summed E-state index contributed by atoms with van der Waals surface area (Å²) in [7, 11) is -2.00. The Morgan fingerprint density at radius 2 is 1.39 bits per heavy atom. The number of hydrogen-bond donors (Lipinski definition) is 1. The zero-order valence-corrected chi connectivity index (χ0v) is 20.6. The highest BCUT2D eigenvalue weighted by atomic mass is 28.4. The zero-order chi connectivity index (χ0) is 22.9. The quantitative estimate of drug-likeness (QED) is 0.337. The molecule has 0 aromatic heterocycles. The highest BCUT2D eigenvalue weighted by Gasteiger charge is 2.39. The van der Waals surface area contributed by atoms with Crippen molar-refractivity contribution in [1.82, 2.24) is 0 Å². The normalized spacial score (nSPS) is 15.3. The lowest BCUT2D eigenvalue weighted by atomic mass is 10.1. The summed E-state index contributed by atoms with van der Waals surface area (Å²) in [4.78, 5) is 0. The second-order valence-electron chi connectivity index (χ2n) is 9.40. The minimum atomic E-state index is -2.00. The highest BCUT2D eigenvalue weighted by molar-refractivity contribution is 6.74. The van der Waals surface area contributed by atoms with Crippen LogP contribution in [0.3, 0.4) is 0 Å². The van der Waals surface area contributed by atoms with Crippen molar-refractivity contribution in [2.45, 2.75) is 70.4 Å². The first-order chi connectivity index (χ1) is 14.6. The lowest BCUT2D eigenvalue weighted by molar-refractivity contribution is -0.124. The minimum absolute atomic E-state index is 0.0642. The van der Waals surface area contributed by atoms with Gasteiger partial charge in [0.05, 0.1) is 19.8 Å². The molecule has 2 aromatic carbocycles. The van der Waals surface area contributed by atoms with Crippen LogP contribution in [0.5, 0.6) is 0 Å². The Morgan fingerprint density at radius 3 is 1.84 bits per heavy atom.